The highest BCUT2D eigenvalue weighted by Crippen LogP contribution is 2.16. The summed E-state index contributed by atoms with van der Waals surface area (Å²) in [4.78, 5) is 26.5. The van der Waals surface area contributed by atoms with Crippen LogP contribution in [0.4, 0.5) is 0 Å². The lowest BCUT2D eigenvalue weighted by molar-refractivity contribution is -0.119. The second-order valence-corrected chi connectivity index (χ2v) is 7.61. The van der Waals surface area contributed by atoms with E-state index in [9.17, 15) is 18.0 Å². The molecule has 7 nitrogen and oxygen atoms in total. The Kier molecular flexibility index (Phi) is 5.63. The highest BCUT2D eigenvalue weighted by atomic mass is 32.2. The van der Waals surface area contributed by atoms with Crippen LogP contribution in [0, 0.1) is 32.1 Å². The minimum atomic E-state index is -3.94. The number of aromatic amines is 1. The number of sulfonamides is 1. The predicted octanol–water partition coefficient (Wildman–Crippen LogP) is 1.61. The number of carbonyl (C=O) groups is 1. The number of hydrogen-bond donors (Lipinski definition) is 2. The zero-order valence-corrected chi connectivity index (χ0v) is 15.5. The molecule has 2 aromatic rings. The van der Waals surface area contributed by atoms with E-state index in [0.717, 1.165) is 0 Å². The Morgan fingerprint density at radius 1 is 1.23 bits per heavy atom. The fourth-order valence-electron chi connectivity index (χ4n) is 2.77. The molecule has 0 radical (unpaired) electrons. The van der Waals surface area contributed by atoms with Crippen molar-refractivity contribution in [2.45, 2.75) is 38.5 Å². The van der Waals surface area contributed by atoms with Crippen molar-refractivity contribution in [3.05, 3.63) is 62.6 Å². The van der Waals surface area contributed by atoms with Gasteiger partial charge in [0.2, 0.25) is 5.91 Å². The van der Waals surface area contributed by atoms with E-state index in [1.54, 1.807) is 39.0 Å². The largest absolute Gasteiger partial charge is 0.325 e. The molecular formula is C18H19N3O4S. The fraction of sp³-hybridized carbons (Fsp3) is 0.278. The summed E-state index contributed by atoms with van der Waals surface area (Å²) in [6.07, 6.45) is 0.113. The van der Waals surface area contributed by atoms with E-state index in [1.807, 2.05) is 6.07 Å². The summed E-state index contributed by atoms with van der Waals surface area (Å²) in [5.74, 6) is -0.656. The summed E-state index contributed by atoms with van der Waals surface area (Å²) >= 11 is 0. The summed E-state index contributed by atoms with van der Waals surface area (Å²) in [6.45, 7) is 4.96. The average Bonchev–Trinajstić information content (AvgIpc) is 2.54. The first-order chi connectivity index (χ1) is 12.2. The number of H-pyrrole nitrogens is 1. The third-order valence-electron chi connectivity index (χ3n) is 4.15. The summed E-state index contributed by atoms with van der Waals surface area (Å²) < 4.78 is 26.7. The first-order valence-corrected chi connectivity index (χ1v) is 9.39. The topological polar surface area (TPSA) is 120 Å². The molecule has 2 rings (SSSR count). The zero-order chi connectivity index (χ0) is 19.5. The van der Waals surface area contributed by atoms with Crippen molar-refractivity contribution in [3.8, 4) is 6.07 Å². The summed E-state index contributed by atoms with van der Waals surface area (Å²) in [6, 6.07) is 8.22. The van der Waals surface area contributed by atoms with Crippen LogP contribution < -0.4 is 10.3 Å². The molecular weight excluding hydrogens is 354 g/mol. The molecule has 2 N–H and O–H groups in total. The fourth-order valence-corrected chi connectivity index (χ4v) is 4.03. The molecule has 0 unspecified atom stereocenters. The third-order valence-corrected chi connectivity index (χ3v) is 5.69. The number of rotatable bonds is 5. The molecule has 1 aromatic heterocycles. The van der Waals surface area contributed by atoms with Gasteiger partial charge < -0.3 is 4.98 Å². The van der Waals surface area contributed by atoms with Crippen LogP contribution >= 0.6 is 0 Å². The molecule has 1 aromatic carbocycles. The normalized spacial score (nSPS) is 11.0. The van der Waals surface area contributed by atoms with Gasteiger partial charge >= 0.3 is 0 Å². The van der Waals surface area contributed by atoms with Crippen molar-refractivity contribution in [2.24, 2.45) is 0 Å². The van der Waals surface area contributed by atoms with Crippen molar-refractivity contribution in [1.82, 2.24) is 9.71 Å². The minimum absolute atomic E-state index is 0.00135. The lowest BCUT2D eigenvalue weighted by Crippen LogP contribution is -2.31. The Morgan fingerprint density at radius 2 is 1.88 bits per heavy atom. The second kappa shape index (κ2) is 7.54. The maximum atomic E-state index is 12.3. The van der Waals surface area contributed by atoms with Crippen LogP contribution in [0.25, 0.3) is 0 Å². The SMILES string of the molecule is Cc1ccccc1S(=O)(=O)NC(=O)CCc1c(C)[nH]c(=O)c(C#N)c1C. The van der Waals surface area contributed by atoms with Gasteiger partial charge in [0.15, 0.2) is 0 Å². The van der Waals surface area contributed by atoms with Crippen molar-refractivity contribution in [2.75, 3.05) is 0 Å². The van der Waals surface area contributed by atoms with Gasteiger partial charge in [0, 0.05) is 12.1 Å². The molecule has 0 bridgehead atoms. The molecule has 136 valence electrons. The average molecular weight is 373 g/mol. The molecule has 8 heteroatoms. The van der Waals surface area contributed by atoms with Crippen molar-refractivity contribution in [3.63, 3.8) is 0 Å². The van der Waals surface area contributed by atoms with Crippen LogP contribution in [-0.4, -0.2) is 19.3 Å². The second-order valence-electron chi connectivity index (χ2n) is 5.96. The van der Waals surface area contributed by atoms with E-state index in [4.69, 9.17) is 5.26 Å². The number of nitriles is 1. The number of aromatic nitrogens is 1. The number of pyridine rings is 1. The first-order valence-electron chi connectivity index (χ1n) is 7.91. The van der Waals surface area contributed by atoms with Gasteiger partial charge in [0.1, 0.15) is 11.6 Å². The van der Waals surface area contributed by atoms with E-state index >= 15 is 0 Å². The third kappa shape index (κ3) is 4.00. The number of hydrogen-bond acceptors (Lipinski definition) is 5. The molecule has 0 fully saturated rings. The zero-order valence-electron chi connectivity index (χ0n) is 14.7. The minimum Gasteiger partial charge on any atom is -0.325 e. The summed E-state index contributed by atoms with van der Waals surface area (Å²) in [5, 5.41) is 9.07. The molecule has 0 aliphatic heterocycles. The van der Waals surface area contributed by atoms with Crippen LogP contribution in [0.15, 0.2) is 34.0 Å². The molecule has 0 saturated carbocycles. The number of benzene rings is 1. The first kappa shape index (κ1) is 19.4. The molecule has 1 heterocycles. The van der Waals surface area contributed by atoms with E-state index < -0.39 is 21.5 Å². The molecule has 1 amide bonds. The number of aryl methyl sites for hydroxylation is 2. The maximum absolute atomic E-state index is 12.3. The Morgan fingerprint density at radius 3 is 2.50 bits per heavy atom. The van der Waals surface area contributed by atoms with Crippen molar-refractivity contribution in [1.29, 1.82) is 5.26 Å². The van der Waals surface area contributed by atoms with Gasteiger partial charge in [0.05, 0.1) is 4.90 Å². The molecule has 0 atom stereocenters. The predicted molar refractivity (Wildman–Crippen MR) is 96.1 cm³/mol. The standard InChI is InChI=1S/C18H19N3O4S/c1-11-6-4-5-7-16(11)26(24,25)21-17(22)9-8-14-12(2)15(10-19)18(23)20-13(14)3/h4-7H,8-9H2,1-3H3,(H,20,23)(H,21,22). The Balaban J connectivity index is 2.17. The lowest BCUT2D eigenvalue weighted by Gasteiger charge is -2.12. The van der Waals surface area contributed by atoms with Crippen LogP contribution in [-0.2, 0) is 21.2 Å². The maximum Gasteiger partial charge on any atom is 0.266 e. The monoisotopic (exact) mass is 373 g/mol. The highest BCUT2D eigenvalue weighted by Gasteiger charge is 2.20. The van der Waals surface area contributed by atoms with Gasteiger partial charge in [0.25, 0.3) is 15.6 Å². The molecule has 26 heavy (non-hydrogen) atoms. The van der Waals surface area contributed by atoms with Crippen LogP contribution in [0.2, 0.25) is 0 Å². The summed E-state index contributed by atoms with van der Waals surface area (Å²) in [7, 11) is -3.94. The number of nitrogens with zero attached hydrogens (tertiary/aromatic N) is 1. The Hall–Kier alpha value is -2.92. The van der Waals surface area contributed by atoms with Gasteiger partial charge in [-0.2, -0.15) is 5.26 Å². The van der Waals surface area contributed by atoms with Crippen molar-refractivity contribution >= 4 is 15.9 Å². The lowest BCUT2D eigenvalue weighted by atomic mass is 9.99. The van der Waals surface area contributed by atoms with Crippen LogP contribution in [0.3, 0.4) is 0 Å². The van der Waals surface area contributed by atoms with E-state index in [1.165, 1.54) is 6.07 Å². The van der Waals surface area contributed by atoms with Gasteiger partial charge in [-0.05, 0) is 49.9 Å². The van der Waals surface area contributed by atoms with E-state index in [2.05, 4.69) is 9.71 Å². The van der Waals surface area contributed by atoms with Crippen LogP contribution in [0.1, 0.15) is 34.4 Å². The van der Waals surface area contributed by atoms with E-state index in [-0.39, 0.29) is 23.3 Å². The molecule has 0 saturated heterocycles. The van der Waals surface area contributed by atoms with Gasteiger partial charge in [-0.15, -0.1) is 0 Å². The molecule has 0 aliphatic rings. The number of amides is 1. The van der Waals surface area contributed by atoms with Crippen molar-refractivity contribution < 1.29 is 13.2 Å². The highest BCUT2D eigenvalue weighted by molar-refractivity contribution is 7.90. The smallest absolute Gasteiger partial charge is 0.266 e. The Labute approximate surface area is 151 Å². The van der Waals surface area contributed by atoms with E-state index in [0.29, 0.717) is 22.4 Å². The molecule has 0 spiro atoms. The summed E-state index contributed by atoms with van der Waals surface area (Å²) in [5.41, 5.74) is 1.78. The number of nitrogens with one attached hydrogen (secondary N) is 2. The van der Waals surface area contributed by atoms with Gasteiger partial charge in [-0.3, -0.25) is 9.59 Å². The number of carbonyl (C=O) groups excluding carboxylic acids is 1. The Bertz CT molecular complexity index is 1060. The van der Waals surface area contributed by atoms with Gasteiger partial charge in [-0.1, -0.05) is 18.2 Å². The molecule has 0 aliphatic carbocycles. The van der Waals surface area contributed by atoms with Gasteiger partial charge in [-0.25, -0.2) is 13.1 Å². The van der Waals surface area contributed by atoms with Crippen LogP contribution in [0.5, 0.6) is 0 Å². The quantitative estimate of drug-likeness (QED) is 0.825.